The summed E-state index contributed by atoms with van der Waals surface area (Å²) in [6, 6.07) is 25.8. The van der Waals surface area contributed by atoms with E-state index in [1.54, 1.807) is 6.07 Å². The molecule has 2 N–H and O–H groups in total. The number of hydrogen-bond acceptors (Lipinski definition) is 2. The van der Waals surface area contributed by atoms with Crippen LogP contribution in [0, 0.1) is 0 Å². The Hall–Kier alpha value is -2.91. The van der Waals surface area contributed by atoms with E-state index in [9.17, 15) is 9.90 Å². The van der Waals surface area contributed by atoms with Crippen LogP contribution < -0.4 is 5.32 Å². The maximum Gasteiger partial charge on any atom is 0.252 e. The van der Waals surface area contributed by atoms with Crippen LogP contribution in [0.15, 0.2) is 84.9 Å². The fraction of sp³-hybridized carbons (Fsp3) is 0.0952. The van der Waals surface area contributed by atoms with Crippen LogP contribution in [0.3, 0.4) is 0 Å². The van der Waals surface area contributed by atoms with Crippen molar-refractivity contribution < 1.29 is 9.90 Å². The summed E-state index contributed by atoms with van der Waals surface area (Å²) in [7, 11) is 0. The third-order valence-electron chi connectivity index (χ3n) is 4.62. The van der Waals surface area contributed by atoms with Gasteiger partial charge in [0.1, 0.15) is 5.60 Å². The molecule has 3 aromatic carbocycles. The van der Waals surface area contributed by atoms with Gasteiger partial charge < -0.3 is 10.4 Å². The quantitative estimate of drug-likeness (QED) is 0.761. The zero-order valence-electron chi connectivity index (χ0n) is 13.0. The van der Waals surface area contributed by atoms with E-state index < -0.39 is 11.6 Å². The Kier molecular flexibility index (Phi) is 3.44. The van der Waals surface area contributed by atoms with E-state index in [4.69, 9.17) is 0 Å². The number of amides is 1. The normalized spacial score (nSPS) is 22.5. The summed E-state index contributed by atoms with van der Waals surface area (Å²) in [5.41, 5.74) is 1.44. The van der Waals surface area contributed by atoms with Gasteiger partial charge in [-0.25, -0.2) is 0 Å². The highest BCUT2D eigenvalue weighted by Crippen LogP contribution is 2.44. The van der Waals surface area contributed by atoms with E-state index in [2.05, 4.69) is 5.32 Å². The average molecular weight is 315 g/mol. The van der Waals surface area contributed by atoms with Crippen molar-refractivity contribution in [2.75, 3.05) is 0 Å². The second-order valence-corrected chi connectivity index (χ2v) is 6.00. The maximum atomic E-state index is 12.6. The molecule has 1 heterocycles. The highest BCUT2D eigenvalue weighted by Gasteiger charge is 2.47. The highest BCUT2D eigenvalue weighted by atomic mass is 16.3. The average Bonchev–Trinajstić information content (AvgIpc) is 2.66. The van der Waals surface area contributed by atoms with Gasteiger partial charge >= 0.3 is 0 Å². The first-order valence-corrected chi connectivity index (χ1v) is 7.94. The molecule has 0 saturated carbocycles. The molecule has 1 amide bonds. The lowest BCUT2D eigenvalue weighted by Crippen LogP contribution is -2.50. The molecule has 24 heavy (non-hydrogen) atoms. The van der Waals surface area contributed by atoms with E-state index in [1.807, 2.05) is 78.9 Å². The molecule has 0 radical (unpaired) electrons. The molecular weight excluding hydrogens is 298 g/mol. The van der Waals surface area contributed by atoms with E-state index in [-0.39, 0.29) is 5.91 Å². The molecule has 0 bridgehead atoms. The molecule has 118 valence electrons. The summed E-state index contributed by atoms with van der Waals surface area (Å²) in [6.45, 7) is 0. The van der Waals surface area contributed by atoms with Crippen molar-refractivity contribution in [2.24, 2.45) is 0 Å². The predicted octanol–water partition coefficient (Wildman–Crippen LogP) is 3.41. The summed E-state index contributed by atoms with van der Waals surface area (Å²) in [6.07, 6.45) is 0. The van der Waals surface area contributed by atoms with E-state index >= 15 is 0 Å². The number of fused-ring (bicyclic) bond motifs is 1. The molecular formula is C21H17NO2. The summed E-state index contributed by atoms with van der Waals surface area (Å²) < 4.78 is 0. The van der Waals surface area contributed by atoms with Crippen LogP contribution in [0.5, 0.6) is 0 Å². The molecule has 1 aliphatic heterocycles. The SMILES string of the molecule is O=C1N[C@@H](c2ccccc2)[C@](O)(c2ccccc2)c2ccccc21. The number of aliphatic hydroxyl groups is 1. The van der Waals surface area contributed by atoms with Gasteiger partial charge in [-0.05, 0) is 17.2 Å². The molecule has 1 aliphatic rings. The molecule has 0 saturated heterocycles. The van der Waals surface area contributed by atoms with Crippen molar-refractivity contribution in [3.05, 3.63) is 107 Å². The van der Waals surface area contributed by atoms with Crippen LogP contribution in [0.4, 0.5) is 0 Å². The molecule has 0 unspecified atom stereocenters. The minimum Gasteiger partial charge on any atom is -0.378 e. The topological polar surface area (TPSA) is 49.3 Å². The Bertz CT molecular complexity index is 877. The van der Waals surface area contributed by atoms with Crippen molar-refractivity contribution in [1.29, 1.82) is 0 Å². The standard InChI is InChI=1S/C21H17NO2/c23-20-17-13-7-8-14-18(17)21(24,16-11-5-2-6-12-16)19(22-20)15-9-3-1-4-10-15/h1-14,19,24H,(H,22,23)/t19-,21-/m0/s1. The largest absolute Gasteiger partial charge is 0.378 e. The van der Waals surface area contributed by atoms with Crippen LogP contribution in [0.1, 0.15) is 33.1 Å². The summed E-state index contributed by atoms with van der Waals surface area (Å²) >= 11 is 0. The molecule has 0 fully saturated rings. The number of carbonyl (C=O) groups is 1. The van der Waals surface area contributed by atoms with Crippen molar-refractivity contribution in [3.63, 3.8) is 0 Å². The second kappa shape index (κ2) is 5.62. The Morgan fingerprint density at radius 1 is 0.792 bits per heavy atom. The number of rotatable bonds is 2. The van der Waals surface area contributed by atoms with Gasteiger partial charge in [0.05, 0.1) is 6.04 Å². The monoisotopic (exact) mass is 315 g/mol. The number of hydrogen-bond donors (Lipinski definition) is 2. The smallest absolute Gasteiger partial charge is 0.252 e. The van der Waals surface area contributed by atoms with E-state index in [0.717, 1.165) is 11.1 Å². The van der Waals surface area contributed by atoms with Crippen molar-refractivity contribution in [2.45, 2.75) is 11.6 Å². The first kappa shape index (κ1) is 14.7. The summed E-state index contributed by atoms with van der Waals surface area (Å²) in [5.74, 6) is -0.167. The number of nitrogens with one attached hydrogen (secondary N) is 1. The van der Waals surface area contributed by atoms with Gasteiger partial charge in [0.25, 0.3) is 5.91 Å². The summed E-state index contributed by atoms with van der Waals surface area (Å²) in [4.78, 5) is 12.6. The Labute approximate surface area is 140 Å². The van der Waals surface area contributed by atoms with Crippen molar-refractivity contribution in [1.82, 2.24) is 5.32 Å². The van der Waals surface area contributed by atoms with Gasteiger partial charge in [0.2, 0.25) is 0 Å². The molecule has 2 atom stereocenters. The zero-order chi connectivity index (χ0) is 16.6. The lowest BCUT2D eigenvalue weighted by atomic mass is 9.73. The van der Waals surface area contributed by atoms with Gasteiger partial charge in [0, 0.05) is 11.1 Å². The Morgan fingerprint density at radius 3 is 2.08 bits per heavy atom. The van der Waals surface area contributed by atoms with Gasteiger partial charge in [-0.15, -0.1) is 0 Å². The van der Waals surface area contributed by atoms with Crippen LogP contribution in [0.2, 0.25) is 0 Å². The molecule has 0 spiro atoms. The highest BCUT2D eigenvalue weighted by molar-refractivity contribution is 5.98. The van der Waals surface area contributed by atoms with Crippen LogP contribution in [-0.2, 0) is 5.60 Å². The molecule has 0 aromatic heterocycles. The minimum absolute atomic E-state index is 0.167. The van der Waals surface area contributed by atoms with Gasteiger partial charge in [-0.3, -0.25) is 4.79 Å². The molecule has 4 rings (SSSR count). The van der Waals surface area contributed by atoms with Crippen LogP contribution in [0.25, 0.3) is 0 Å². The molecule has 3 aromatic rings. The lowest BCUT2D eigenvalue weighted by molar-refractivity contribution is 0.0256. The molecule has 3 nitrogen and oxygen atoms in total. The van der Waals surface area contributed by atoms with E-state index in [0.29, 0.717) is 11.1 Å². The minimum atomic E-state index is -1.33. The van der Waals surface area contributed by atoms with Gasteiger partial charge in [-0.2, -0.15) is 0 Å². The number of carbonyl (C=O) groups excluding carboxylic acids is 1. The first-order chi connectivity index (χ1) is 11.7. The fourth-order valence-corrected chi connectivity index (χ4v) is 3.47. The van der Waals surface area contributed by atoms with Gasteiger partial charge in [-0.1, -0.05) is 78.9 Å². The Morgan fingerprint density at radius 2 is 1.38 bits per heavy atom. The third kappa shape index (κ3) is 2.14. The Balaban J connectivity index is 1.99. The third-order valence-corrected chi connectivity index (χ3v) is 4.62. The fourth-order valence-electron chi connectivity index (χ4n) is 3.47. The molecule has 3 heteroatoms. The predicted molar refractivity (Wildman–Crippen MR) is 92.5 cm³/mol. The molecule has 0 aliphatic carbocycles. The van der Waals surface area contributed by atoms with E-state index in [1.165, 1.54) is 0 Å². The van der Waals surface area contributed by atoms with Crippen LogP contribution >= 0.6 is 0 Å². The lowest BCUT2D eigenvalue weighted by Gasteiger charge is -2.42. The van der Waals surface area contributed by atoms with Crippen molar-refractivity contribution >= 4 is 5.91 Å². The van der Waals surface area contributed by atoms with Gasteiger partial charge in [0.15, 0.2) is 0 Å². The maximum absolute atomic E-state index is 12.6. The van der Waals surface area contributed by atoms with Crippen LogP contribution in [-0.4, -0.2) is 11.0 Å². The zero-order valence-corrected chi connectivity index (χ0v) is 13.0. The second-order valence-electron chi connectivity index (χ2n) is 6.00. The first-order valence-electron chi connectivity index (χ1n) is 7.94. The van der Waals surface area contributed by atoms with Crippen molar-refractivity contribution in [3.8, 4) is 0 Å². The number of benzene rings is 3. The summed E-state index contributed by atoms with van der Waals surface area (Å²) in [5, 5.41) is 14.8.